The van der Waals surface area contributed by atoms with Gasteiger partial charge in [-0.15, -0.1) is 0 Å². The molecule has 0 radical (unpaired) electrons. The predicted molar refractivity (Wildman–Crippen MR) is 230 cm³/mol. The van der Waals surface area contributed by atoms with Gasteiger partial charge in [0.05, 0.1) is 5.56 Å². The molecule has 294 valence electrons. The molecule has 0 nitrogen and oxygen atoms in total. The molecule has 6 aromatic rings. The molecule has 0 N–H and O–H groups in total. The lowest BCUT2D eigenvalue weighted by Gasteiger charge is -2.23. The zero-order chi connectivity index (χ0) is 41.6. The fraction of sp³-hybridized carbons (Fsp3) is 0.373. The molecule has 0 saturated carbocycles. The Kier molecular flexibility index (Phi) is 14.4. The van der Waals surface area contributed by atoms with Gasteiger partial charge in [0.1, 0.15) is 5.82 Å². The van der Waals surface area contributed by atoms with E-state index in [9.17, 15) is 17.6 Å². The smallest absolute Gasteiger partial charge is 0.207 e. The molecule has 0 aromatic heterocycles. The first kappa shape index (κ1) is 45.0. The Bertz CT molecular complexity index is 2020. The summed E-state index contributed by atoms with van der Waals surface area (Å²) in [6.45, 7) is 29.4. The topological polar surface area (TPSA) is 0 Å². The number of aryl methyl sites for hydroxylation is 2. The van der Waals surface area contributed by atoms with Crippen LogP contribution in [0.1, 0.15) is 122 Å². The number of hydrogen-bond acceptors (Lipinski definition) is 0. The van der Waals surface area contributed by atoms with Crippen molar-refractivity contribution in [3.05, 3.63) is 166 Å². The normalized spacial score (nSPS) is 12.2. The lowest BCUT2D eigenvalue weighted by atomic mass is 9.82. The van der Waals surface area contributed by atoms with Crippen molar-refractivity contribution >= 4 is 21.5 Å². The van der Waals surface area contributed by atoms with Crippen molar-refractivity contribution in [3.63, 3.8) is 0 Å². The molecular formula is C51H62F4. The SMILES string of the molecule is CC(C)(C)c1ccccc1C(F)(F)F.CC(C)(C)c1ccccc1F.Cc1cccc2cccc(C(C)(C)C)c12.Cc1cccc2cccc(C(C)(C)C)c12. The molecule has 0 aliphatic heterocycles. The van der Waals surface area contributed by atoms with Gasteiger partial charge < -0.3 is 0 Å². The Morgan fingerprint density at radius 3 is 0.909 bits per heavy atom. The van der Waals surface area contributed by atoms with Crippen LogP contribution >= 0.6 is 0 Å². The predicted octanol–water partition coefficient (Wildman–Crippen LogP) is 16.0. The molecule has 6 aromatic carbocycles. The first-order valence-electron chi connectivity index (χ1n) is 19.1. The summed E-state index contributed by atoms with van der Waals surface area (Å²) in [6, 6.07) is 38.8. The van der Waals surface area contributed by atoms with Crippen molar-refractivity contribution in [2.45, 2.75) is 125 Å². The Balaban J connectivity index is 0.000000198. The van der Waals surface area contributed by atoms with Gasteiger partial charge in [0.15, 0.2) is 0 Å². The highest BCUT2D eigenvalue weighted by Crippen LogP contribution is 2.37. The van der Waals surface area contributed by atoms with Crippen LogP contribution in [0.5, 0.6) is 0 Å². The van der Waals surface area contributed by atoms with Gasteiger partial charge in [-0.3, -0.25) is 0 Å². The maximum atomic E-state index is 13.1. The van der Waals surface area contributed by atoms with E-state index in [1.807, 2.05) is 32.9 Å². The van der Waals surface area contributed by atoms with Gasteiger partial charge in [0, 0.05) is 0 Å². The first-order valence-corrected chi connectivity index (χ1v) is 19.1. The summed E-state index contributed by atoms with van der Waals surface area (Å²) in [7, 11) is 0. The van der Waals surface area contributed by atoms with Crippen molar-refractivity contribution in [2.75, 3.05) is 0 Å². The second-order valence-corrected chi connectivity index (χ2v) is 18.5. The molecule has 0 bridgehead atoms. The van der Waals surface area contributed by atoms with Crippen molar-refractivity contribution in [3.8, 4) is 0 Å². The van der Waals surface area contributed by atoms with E-state index in [4.69, 9.17) is 0 Å². The van der Waals surface area contributed by atoms with Gasteiger partial charge in [-0.05, 0) is 103 Å². The lowest BCUT2D eigenvalue weighted by molar-refractivity contribution is -0.138. The van der Waals surface area contributed by atoms with Crippen LogP contribution in [0.25, 0.3) is 21.5 Å². The van der Waals surface area contributed by atoms with E-state index >= 15 is 0 Å². The van der Waals surface area contributed by atoms with E-state index in [0.29, 0.717) is 5.56 Å². The summed E-state index contributed by atoms with van der Waals surface area (Å²) in [5.41, 5.74) is 6.07. The van der Waals surface area contributed by atoms with Gasteiger partial charge >= 0.3 is 6.18 Å². The summed E-state index contributed by atoms with van der Waals surface area (Å²) < 4.78 is 50.8. The standard InChI is InChI=1S/2C15H18.C11H13F3.C10H13F/c2*1-11-7-5-8-12-9-6-10-13(14(11)12)15(2,3)4;1-10(2,3)8-6-4-5-7-9(8)11(12,13)14;1-10(2,3)8-6-4-5-7-9(8)11/h2*5-10H,1-4H3;4-7H,1-3H3;4-7H,1-3H3. The van der Waals surface area contributed by atoms with Gasteiger partial charge in [-0.1, -0.05) is 192 Å². The molecule has 0 fully saturated rings. The second kappa shape index (κ2) is 17.6. The zero-order valence-electron chi connectivity index (χ0n) is 35.6. The molecule has 0 unspecified atom stereocenters. The van der Waals surface area contributed by atoms with Gasteiger partial charge in [0.25, 0.3) is 0 Å². The third kappa shape index (κ3) is 12.3. The van der Waals surface area contributed by atoms with E-state index in [-0.39, 0.29) is 22.1 Å². The molecule has 0 spiro atoms. The minimum Gasteiger partial charge on any atom is -0.207 e. The maximum absolute atomic E-state index is 13.1. The van der Waals surface area contributed by atoms with Gasteiger partial charge in [0.2, 0.25) is 0 Å². The quantitative estimate of drug-likeness (QED) is 0.136. The Labute approximate surface area is 329 Å². The molecule has 0 amide bonds. The average Bonchev–Trinajstić information content (AvgIpc) is 3.07. The Hall–Kier alpha value is -4.44. The van der Waals surface area contributed by atoms with Crippen molar-refractivity contribution in [1.29, 1.82) is 0 Å². The van der Waals surface area contributed by atoms with Crippen molar-refractivity contribution in [2.24, 2.45) is 0 Å². The fourth-order valence-corrected chi connectivity index (χ4v) is 6.76. The molecule has 55 heavy (non-hydrogen) atoms. The number of benzene rings is 6. The second-order valence-electron chi connectivity index (χ2n) is 18.5. The zero-order valence-corrected chi connectivity index (χ0v) is 35.6. The molecule has 0 atom stereocenters. The van der Waals surface area contributed by atoms with Crippen LogP contribution in [0.2, 0.25) is 0 Å². The van der Waals surface area contributed by atoms with Crippen LogP contribution in [0.3, 0.4) is 0 Å². The van der Waals surface area contributed by atoms with Crippen molar-refractivity contribution in [1.82, 2.24) is 0 Å². The Morgan fingerprint density at radius 2 is 0.618 bits per heavy atom. The molecular weight excluding hydrogens is 689 g/mol. The largest absolute Gasteiger partial charge is 0.416 e. The monoisotopic (exact) mass is 750 g/mol. The van der Waals surface area contributed by atoms with Gasteiger partial charge in [-0.2, -0.15) is 13.2 Å². The minimum absolute atomic E-state index is 0.0919. The first-order chi connectivity index (χ1) is 25.2. The van der Waals surface area contributed by atoms with E-state index in [1.165, 1.54) is 62.0 Å². The molecule has 0 saturated heterocycles. The van der Waals surface area contributed by atoms with Crippen LogP contribution in [-0.4, -0.2) is 0 Å². The molecule has 0 aliphatic carbocycles. The van der Waals surface area contributed by atoms with E-state index < -0.39 is 17.2 Å². The fourth-order valence-electron chi connectivity index (χ4n) is 6.76. The van der Waals surface area contributed by atoms with Crippen LogP contribution in [0.4, 0.5) is 17.6 Å². The van der Waals surface area contributed by atoms with Crippen LogP contribution in [0.15, 0.2) is 121 Å². The average molecular weight is 751 g/mol. The molecule has 4 heteroatoms. The van der Waals surface area contributed by atoms with Crippen LogP contribution in [-0.2, 0) is 27.8 Å². The lowest BCUT2D eigenvalue weighted by Crippen LogP contribution is -2.19. The maximum Gasteiger partial charge on any atom is 0.416 e. The van der Waals surface area contributed by atoms with Crippen LogP contribution < -0.4 is 0 Å². The summed E-state index contributed by atoms with van der Waals surface area (Å²) in [6.07, 6.45) is -4.26. The highest BCUT2D eigenvalue weighted by atomic mass is 19.4. The number of rotatable bonds is 0. The summed E-state index contributed by atoms with van der Waals surface area (Å²) in [5.74, 6) is -0.111. The van der Waals surface area contributed by atoms with Crippen molar-refractivity contribution < 1.29 is 17.6 Å². The van der Waals surface area contributed by atoms with E-state index in [1.54, 1.807) is 32.9 Å². The van der Waals surface area contributed by atoms with Crippen LogP contribution in [0, 0.1) is 19.7 Å². The number of hydrogen-bond donors (Lipinski definition) is 0. The minimum atomic E-state index is -4.26. The molecule has 6 rings (SSSR count). The summed E-state index contributed by atoms with van der Waals surface area (Å²) in [4.78, 5) is 0. The summed E-state index contributed by atoms with van der Waals surface area (Å²) >= 11 is 0. The summed E-state index contributed by atoms with van der Waals surface area (Å²) in [5, 5.41) is 5.55. The molecule has 0 heterocycles. The number of halogens is 4. The Morgan fingerprint density at radius 1 is 0.327 bits per heavy atom. The highest BCUT2D eigenvalue weighted by Gasteiger charge is 2.35. The third-order valence-corrected chi connectivity index (χ3v) is 9.56. The molecule has 0 aliphatic rings. The van der Waals surface area contributed by atoms with Gasteiger partial charge in [-0.25, -0.2) is 4.39 Å². The highest BCUT2D eigenvalue weighted by molar-refractivity contribution is 5.90. The number of alkyl halides is 3. The van der Waals surface area contributed by atoms with E-state index in [2.05, 4.69) is 128 Å². The number of fused-ring (bicyclic) bond motifs is 2. The van der Waals surface area contributed by atoms with E-state index in [0.717, 1.165) is 11.6 Å². The third-order valence-electron chi connectivity index (χ3n) is 9.56.